The average molecular weight is 374 g/mol. The molecule has 6 heteroatoms. The molecule has 3 rings (SSSR count). The van der Waals surface area contributed by atoms with Crippen LogP contribution in [0.2, 0.25) is 0 Å². The molecule has 1 unspecified atom stereocenters. The predicted octanol–water partition coefficient (Wildman–Crippen LogP) is 4.71. The van der Waals surface area contributed by atoms with E-state index in [4.69, 9.17) is 4.42 Å². The molecule has 1 aliphatic carbocycles. The van der Waals surface area contributed by atoms with Gasteiger partial charge in [0, 0.05) is 18.2 Å². The smallest absolute Gasteiger partial charge is 0.277 e. The topological polar surface area (TPSA) is 59.2 Å². The minimum absolute atomic E-state index is 0.167. The first-order chi connectivity index (χ1) is 12.6. The zero-order valence-electron chi connectivity index (χ0n) is 15.8. The quantitative estimate of drug-likeness (QED) is 0.687. The molecular formula is C20H27N3O2S. The molecule has 5 nitrogen and oxygen atoms in total. The molecule has 1 saturated carbocycles. The maximum absolute atomic E-state index is 12.9. The van der Waals surface area contributed by atoms with Crippen LogP contribution in [0.4, 0.5) is 0 Å². The highest BCUT2D eigenvalue weighted by atomic mass is 32.2. The highest BCUT2D eigenvalue weighted by molar-refractivity contribution is 8.00. The number of carbonyl (C=O) groups is 1. The van der Waals surface area contributed by atoms with Gasteiger partial charge in [-0.1, -0.05) is 49.2 Å². The number of benzene rings is 1. The van der Waals surface area contributed by atoms with Gasteiger partial charge in [0.25, 0.3) is 5.22 Å². The summed E-state index contributed by atoms with van der Waals surface area (Å²) in [5.74, 6) is 0.671. The van der Waals surface area contributed by atoms with Crippen molar-refractivity contribution in [3.05, 3.63) is 29.8 Å². The third-order valence-electron chi connectivity index (χ3n) is 5.05. The molecule has 2 aromatic rings. The van der Waals surface area contributed by atoms with E-state index in [0.29, 0.717) is 17.2 Å². The molecule has 0 spiro atoms. The molecule has 0 radical (unpaired) electrons. The van der Waals surface area contributed by atoms with Crippen molar-refractivity contribution in [2.45, 2.75) is 69.4 Å². The van der Waals surface area contributed by atoms with E-state index in [1.165, 1.54) is 31.0 Å². The lowest BCUT2D eigenvalue weighted by Gasteiger charge is -2.34. The summed E-state index contributed by atoms with van der Waals surface area (Å²) in [7, 11) is 0. The molecule has 140 valence electrons. The highest BCUT2D eigenvalue weighted by Crippen LogP contribution is 2.30. The van der Waals surface area contributed by atoms with Gasteiger partial charge < -0.3 is 9.32 Å². The lowest BCUT2D eigenvalue weighted by atomic mass is 9.94. The van der Waals surface area contributed by atoms with Gasteiger partial charge in [0.1, 0.15) is 0 Å². The van der Waals surface area contributed by atoms with Crippen LogP contribution in [-0.2, 0) is 4.79 Å². The van der Waals surface area contributed by atoms with Crippen LogP contribution in [0.5, 0.6) is 0 Å². The minimum Gasteiger partial charge on any atom is -0.411 e. The van der Waals surface area contributed by atoms with Crippen LogP contribution in [0.25, 0.3) is 11.5 Å². The van der Waals surface area contributed by atoms with Gasteiger partial charge in [-0.2, -0.15) is 0 Å². The first kappa shape index (κ1) is 19.0. The summed E-state index contributed by atoms with van der Waals surface area (Å²) in [6.45, 7) is 6.76. The Kier molecular flexibility index (Phi) is 6.35. The van der Waals surface area contributed by atoms with E-state index in [2.05, 4.69) is 17.1 Å². The maximum Gasteiger partial charge on any atom is 0.277 e. The van der Waals surface area contributed by atoms with E-state index in [1.807, 2.05) is 43.0 Å². The zero-order valence-corrected chi connectivity index (χ0v) is 16.6. The number of hydrogen-bond donors (Lipinski definition) is 0. The second-order valence-electron chi connectivity index (χ2n) is 6.86. The number of thioether (sulfide) groups is 1. The number of nitrogens with zero attached hydrogens (tertiary/aromatic N) is 3. The third-order valence-corrected chi connectivity index (χ3v) is 5.97. The first-order valence-electron chi connectivity index (χ1n) is 9.46. The van der Waals surface area contributed by atoms with Crippen molar-refractivity contribution in [3.8, 4) is 11.5 Å². The van der Waals surface area contributed by atoms with Crippen LogP contribution < -0.4 is 0 Å². The van der Waals surface area contributed by atoms with Crippen LogP contribution in [0.3, 0.4) is 0 Å². The number of aromatic nitrogens is 2. The van der Waals surface area contributed by atoms with E-state index in [-0.39, 0.29) is 11.2 Å². The Morgan fingerprint density at radius 1 is 1.27 bits per heavy atom. The standard InChI is InChI=1S/C20H27N3O2S/c1-4-23(16-11-6-5-7-12-16)19(24)15(3)26-20-22-21-18(25-20)17-13-9-8-10-14(17)2/h8-10,13,15-16H,4-7,11-12H2,1-3H3. The fourth-order valence-corrected chi connectivity index (χ4v) is 4.35. The van der Waals surface area contributed by atoms with E-state index in [1.54, 1.807) is 0 Å². The molecule has 0 aliphatic heterocycles. The fraction of sp³-hybridized carbons (Fsp3) is 0.550. The van der Waals surface area contributed by atoms with Crippen molar-refractivity contribution >= 4 is 17.7 Å². The molecule has 1 fully saturated rings. The summed E-state index contributed by atoms with van der Waals surface area (Å²) < 4.78 is 5.80. The summed E-state index contributed by atoms with van der Waals surface area (Å²) in [6, 6.07) is 8.30. The lowest BCUT2D eigenvalue weighted by Crippen LogP contribution is -2.44. The van der Waals surface area contributed by atoms with E-state index in [9.17, 15) is 4.79 Å². The van der Waals surface area contributed by atoms with Gasteiger partial charge in [0.05, 0.1) is 5.25 Å². The van der Waals surface area contributed by atoms with Gasteiger partial charge in [-0.25, -0.2) is 0 Å². The summed E-state index contributed by atoms with van der Waals surface area (Å²) in [6.07, 6.45) is 5.97. The molecule has 0 N–H and O–H groups in total. The number of amides is 1. The Bertz CT molecular complexity index is 740. The number of rotatable bonds is 6. The molecule has 26 heavy (non-hydrogen) atoms. The lowest BCUT2D eigenvalue weighted by molar-refractivity contribution is -0.133. The number of hydrogen-bond acceptors (Lipinski definition) is 5. The van der Waals surface area contributed by atoms with E-state index in [0.717, 1.165) is 30.5 Å². The van der Waals surface area contributed by atoms with Gasteiger partial charge in [-0.05, 0) is 45.2 Å². The second-order valence-corrected chi connectivity index (χ2v) is 8.16. The van der Waals surface area contributed by atoms with Crippen LogP contribution in [0.1, 0.15) is 51.5 Å². The van der Waals surface area contributed by atoms with Crippen molar-refractivity contribution in [2.24, 2.45) is 0 Å². The Labute approximate surface area is 159 Å². The molecule has 1 heterocycles. The summed E-state index contributed by atoms with van der Waals surface area (Å²) in [5, 5.41) is 8.50. The molecule has 1 aliphatic rings. The van der Waals surface area contributed by atoms with Crippen molar-refractivity contribution in [3.63, 3.8) is 0 Å². The molecule has 1 aromatic carbocycles. The Balaban J connectivity index is 1.66. The third kappa shape index (κ3) is 4.29. The normalized spacial score (nSPS) is 16.4. The summed E-state index contributed by atoms with van der Waals surface area (Å²) in [4.78, 5) is 15.0. The van der Waals surface area contributed by atoms with Gasteiger partial charge in [0.15, 0.2) is 0 Å². The molecule has 1 aromatic heterocycles. The van der Waals surface area contributed by atoms with Crippen LogP contribution >= 0.6 is 11.8 Å². The predicted molar refractivity (Wildman–Crippen MR) is 104 cm³/mol. The van der Waals surface area contributed by atoms with E-state index < -0.39 is 0 Å². The largest absolute Gasteiger partial charge is 0.411 e. The van der Waals surface area contributed by atoms with E-state index >= 15 is 0 Å². The van der Waals surface area contributed by atoms with Gasteiger partial charge in [-0.3, -0.25) is 4.79 Å². The average Bonchev–Trinajstić information content (AvgIpc) is 3.11. The number of aryl methyl sites for hydroxylation is 1. The molecule has 0 bridgehead atoms. The van der Waals surface area contributed by atoms with Crippen molar-refractivity contribution in [2.75, 3.05) is 6.54 Å². The second kappa shape index (κ2) is 8.71. The van der Waals surface area contributed by atoms with Gasteiger partial charge in [0.2, 0.25) is 11.8 Å². The maximum atomic E-state index is 12.9. The Hall–Kier alpha value is -1.82. The van der Waals surface area contributed by atoms with Crippen LogP contribution in [0, 0.1) is 6.92 Å². The van der Waals surface area contributed by atoms with Crippen LogP contribution in [0.15, 0.2) is 33.9 Å². The van der Waals surface area contributed by atoms with Crippen LogP contribution in [-0.4, -0.2) is 38.8 Å². The van der Waals surface area contributed by atoms with Gasteiger partial charge >= 0.3 is 0 Å². The first-order valence-corrected chi connectivity index (χ1v) is 10.3. The van der Waals surface area contributed by atoms with Crippen molar-refractivity contribution < 1.29 is 9.21 Å². The summed E-state index contributed by atoms with van der Waals surface area (Å²) >= 11 is 1.35. The summed E-state index contributed by atoms with van der Waals surface area (Å²) in [5.41, 5.74) is 2.02. The molecular weight excluding hydrogens is 346 g/mol. The Morgan fingerprint density at radius 2 is 2.00 bits per heavy atom. The van der Waals surface area contributed by atoms with Gasteiger partial charge in [-0.15, -0.1) is 10.2 Å². The van der Waals surface area contributed by atoms with Crippen molar-refractivity contribution in [1.82, 2.24) is 15.1 Å². The SMILES string of the molecule is CCN(C(=O)C(C)Sc1nnc(-c2ccccc2C)o1)C1CCCCC1. The Morgan fingerprint density at radius 3 is 2.69 bits per heavy atom. The zero-order chi connectivity index (χ0) is 18.5. The molecule has 1 atom stereocenters. The number of carbonyl (C=O) groups excluding carboxylic acids is 1. The fourth-order valence-electron chi connectivity index (χ4n) is 3.60. The monoisotopic (exact) mass is 373 g/mol. The van der Waals surface area contributed by atoms with Crippen molar-refractivity contribution in [1.29, 1.82) is 0 Å². The highest BCUT2D eigenvalue weighted by Gasteiger charge is 2.29. The molecule has 1 amide bonds. The minimum atomic E-state index is -0.234. The molecule has 0 saturated heterocycles.